The van der Waals surface area contributed by atoms with Gasteiger partial charge in [-0.2, -0.15) is 5.10 Å². The number of nitrogens with one attached hydrogen (secondary N) is 1. The molecule has 140 valence electrons. The Bertz CT molecular complexity index is 909. The fourth-order valence-corrected chi connectivity index (χ4v) is 4.00. The van der Waals surface area contributed by atoms with E-state index in [9.17, 15) is 10.2 Å². The Labute approximate surface area is 159 Å². The summed E-state index contributed by atoms with van der Waals surface area (Å²) in [7, 11) is 0. The minimum Gasteiger partial charge on any atom is -0.508 e. The number of phenolic OH excluding ortho intramolecular Hbond substituents is 1. The van der Waals surface area contributed by atoms with Gasteiger partial charge in [0.2, 0.25) is 0 Å². The molecule has 0 radical (unpaired) electrons. The van der Waals surface area contributed by atoms with Crippen molar-refractivity contribution in [1.29, 1.82) is 0 Å². The molecule has 27 heavy (non-hydrogen) atoms. The highest BCUT2D eigenvalue weighted by molar-refractivity contribution is 5.63. The Balaban J connectivity index is 1.45. The van der Waals surface area contributed by atoms with E-state index in [1.165, 1.54) is 0 Å². The number of hydrogen-bond acceptors (Lipinski definition) is 4. The van der Waals surface area contributed by atoms with Gasteiger partial charge in [0.25, 0.3) is 0 Å². The molecule has 0 bridgehead atoms. The summed E-state index contributed by atoms with van der Waals surface area (Å²) in [5.74, 6) is 0.256. The van der Waals surface area contributed by atoms with Crippen LogP contribution in [0.5, 0.6) is 5.75 Å². The molecule has 0 amide bonds. The number of hydrogen-bond donors (Lipinski definition) is 3. The van der Waals surface area contributed by atoms with Crippen LogP contribution in [0.1, 0.15) is 29.5 Å². The van der Waals surface area contributed by atoms with Crippen LogP contribution >= 0.6 is 0 Å². The molecule has 3 aromatic rings. The summed E-state index contributed by atoms with van der Waals surface area (Å²) < 4.78 is 0. The molecule has 1 saturated heterocycles. The van der Waals surface area contributed by atoms with E-state index in [1.54, 1.807) is 12.1 Å². The summed E-state index contributed by atoms with van der Waals surface area (Å²) in [5, 5.41) is 27.9. The molecule has 0 saturated carbocycles. The van der Waals surface area contributed by atoms with Crippen LogP contribution in [0.3, 0.4) is 0 Å². The molecule has 0 atom stereocenters. The van der Waals surface area contributed by atoms with Gasteiger partial charge in [0, 0.05) is 30.8 Å². The molecule has 0 aliphatic carbocycles. The normalized spacial score (nSPS) is 17.1. The largest absolute Gasteiger partial charge is 0.508 e. The molecule has 2 heterocycles. The van der Waals surface area contributed by atoms with E-state index in [2.05, 4.69) is 28.1 Å². The smallest absolute Gasteiger partial charge is 0.115 e. The number of rotatable bonds is 4. The van der Waals surface area contributed by atoms with Crippen molar-refractivity contribution < 1.29 is 10.2 Å². The van der Waals surface area contributed by atoms with E-state index in [0.29, 0.717) is 0 Å². The number of nitrogens with zero attached hydrogens (tertiary/aromatic N) is 2. The lowest BCUT2D eigenvalue weighted by atomic mass is 9.82. The van der Waals surface area contributed by atoms with Crippen molar-refractivity contribution in [3.63, 3.8) is 0 Å². The van der Waals surface area contributed by atoms with Crippen LogP contribution in [0.25, 0.3) is 11.3 Å². The average Bonchev–Trinajstić information content (AvgIpc) is 3.13. The van der Waals surface area contributed by atoms with Crippen molar-refractivity contribution in [1.82, 2.24) is 15.1 Å². The molecule has 1 aromatic heterocycles. The van der Waals surface area contributed by atoms with E-state index in [1.807, 2.05) is 36.5 Å². The lowest BCUT2D eigenvalue weighted by Gasteiger charge is -2.39. The number of H-pyrrole nitrogens is 1. The summed E-state index contributed by atoms with van der Waals surface area (Å²) in [6.45, 7) is 4.53. The summed E-state index contributed by atoms with van der Waals surface area (Å²) in [6, 6.07) is 15.3. The van der Waals surface area contributed by atoms with E-state index in [-0.39, 0.29) is 5.75 Å². The molecule has 1 fully saturated rings. The van der Waals surface area contributed by atoms with E-state index >= 15 is 0 Å². The molecule has 0 unspecified atom stereocenters. The number of aromatic amines is 1. The molecule has 4 rings (SSSR count). The van der Waals surface area contributed by atoms with Gasteiger partial charge >= 0.3 is 0 Å². The average molecular weight is 363 g/mol. The maximum atomic E-state index is 11.2. The van der Waals surface area contributed by atoms with Gasteiger partial charge < -0.3 is 10.2 Å². The first-order valence-corrected chi connectivity index (χ1v) is 9.38. The molecule has 3 N–H and O–H groups in total. The Morgan fingerprint density at radius 3 is 2.48 bits per heavy atom. The van der Waals surface area contributed by atoms with Crippen LogP contribution in [0.15, 0.2) is 54.7 Å². The van der Waals surface area contributed by atoms with Crippen LogP contribution < -0.4 is 0 Å². The highest BCUT2D eigenvalue weighted by atomic mass is 16.3. The summed E-state index contributed by atoms with van der Waals surface area (Å²) in [4.78, 5) is 2.36. The quantitative estimate of drug-likeness (QED) is 0.663. The van der Waals surface area contributed by atoms with Crippen molar-refractivity contribution in [3.8, 4) is 17.0 Å². The van der Waals surface area contributed by atoms with Gasteiger partial charge in [-0.15, -0.1) is 0 Å². The van der Waals surface area contributed by atoms with Crippen LogP contribution in [-0.2, 0) is 12.1 Å². The highest BCUT2D eigenvalue weighted by Crippen LogP contribution is 2.35. The summed E-state index contributed by atoms with van der Waals surface area (Å²) >= 11 is 0. The second kappa shape index (κ2) is 7.18. The first-order valence-electron chi connectivity index (χ1n) is 9.38. The van der Waals surface area contributed by atoms with Gasteiger partial charge in [-0.1, -0.05) is 24.3 Å². The Kier molecular flexibility index (Phi) is 4.72. The zero-order valence-corrected chi connectivity index (χ0v) is 15.5. The fraction of sp³-hybridized carbons (Fsp3) is 0.318. The van der Waals surface area contributed by atoms with Crippen molar-refractivity contribution in [3.05, 3.63) is 71.4 Å². The van der Waals surface area contributed by atoms with Gasteiger partial charge in [-0.25, -0.2) is 0 Å². The van der Waals surface area contributed by atoms with Crippen LogP contribution in [-0.4, -0.2) is 38.4 Å². The monoisotopic (exact) mass is 363 g/mol. The van der Waals surface area contributed by atoms with Crippen LogP contribution in [0, 0.1) is 6.92 Å². The molecule has 5 nitrogen and oxygen atoms in total. The number of aromatic nitrogens is 2. The molecule has 2 aromatic carbocycles. The third-order valence-corrected chi connectivity index (χ3v) is 5.60. The molecule has 0 spiro atoms. The lowest BCUT2D eigenvalue weighted by Crippen LogP contribution is -2.42. The number of piperidine rings is 1. The highest BCUT2D eigenvalue weighted by Gasteiger charge is 2.35. The standard InChI is InChI=1S/C22H25N3O2/c1-16-4-2-3-5-20(16)22(27)10-12-25(13-11-22)15-18-14-23-24-21(18)17-6-8-19(26)9-7-17/h2-9,14,26-27H,10-13,15H2,1H3,(H,23,24). The molecule has 1 aliphatic rings. The fourth-order valence-electron chi connectivity index (χ4n) is 4.00. The van der Waals surface area contributed by atoms with E-state index < -0.39 is 5.60 Å². The molecule has 5 heteroatoms. The number of aryl methyl sites for hydroxylation is 1. The topological polar surface area (TPSA) is 72.4 Å². The van der Waals surface area contributed by atoms with Crippen molar-refractivity contribution in [2.45, 2.75) is 31.9 Å². The minimum absolute atomic E-state index is 0.256. The zero-order chi connectivity index (χ0) is 18.9. The predicted octanol–water partition coefficient (Wildman–Crippen LogP) is 3.57. The first kappa shape index (κ1) is 17.8. The van der Waals surface area contributed by atoms with Crippen molar-refractivity contribution in [2.75, 3.05) is 13.1 Å². The summed E-state index contributed by atoms with van der Waals surface area (Å²) in [6.07, 6.45) is 3.32. The Morgan fingerprint density at radius 2 is 1.78 bits per heavy atom. The van der Waals surface area contributed by atoms with E-state index in [4.69, 9.17) is 0 Å². The van der Waals surface area contributed by atoms with Crippen LogP contribution in [0.4, 0.5) is 0 Å². The van der Waals surface area contributed by atoms with Gasteiger partial charge in [0.15, 0.2) is 0 Å². The maximum absolute atomic E-state index is 11.2. The third-order valence-electron chi connectivity index (χ3n) is 5.60. The molecular weight excluding hydrogens is 338 g/mol. The predicted molar refractivity (Wildman–Crippen MR) is 105 cm³/mol. The Morgan fingerprint density at radius 1 is 1.07 bits per heavy atom. The second-order valence-corrected chi connectivity index (χ2v) is 7.44. The van der Waals surface area contributed by atoms with Crippen LogP contribution in [0.2, 0.25) is 0 Å². The van der Waals surface area contributed by atoms with Gasteiger partial charge in [0.05, 0.1) is 17.5 Å². The first-order chi connectivity index (χ1) is 13.0. The van der Waals surface area contributed by atoms with Gasteiger partial charge in [0.1, 0.15) is 5.75 Å². The van der Waals surface area contributed by atoms with Gasteiger partial charge in [-0.05, 0) is 55.2 Å². The third kappa shape index (κ3) is 3.61. The number of benzene rings is 2. The van der Waals surface area contributed by atoms with E-state index in [0.717, 1.165) is 60.4 Å². The number of phenols is 1. The molecular formula is C22H25N3O2. The number of likely N-dealkylation sites (tertiary alicyclic amines) is 1. The van der Waals surface area contributed by atoms with Gasteiger partial charge in [-0.3, -0.25) is 10.00 Å². The SMILES string of the molecule is Cc1ccccc1C1(O)CCN(Cc2cn[nH]c2-c2ccc(O)cc2)CC1. The second-order valence-electron chi connectivity index (χ2n) is 7.44. The maximum Gasteiger partial charge on any atom is 0.115 e. The lowest BCUT2D eigenvalue weighted by molar-refractivity contribution is -0.0281. The number of aliphatic hydroxyl groups is 1. The van der Waals surface area contributed by atoms with Crippen molar-refractivity contribution in [2.24, 2.45) is 0 Å². The Hall–Kier alpha value is -2.63. The number of aromatic hydroxyl groups is 1. The van der Waals surface area contributed by atoms with Crippen molar-refractivity contribution >= 4 is 0 Å². The molecule has 1 aliphatic heterocycles. The minimum atomic E-state index is -0.738. The zero-order valence-electron chi connectivity index (χ0n) is 15.5. The summed E-state index contributed by atoms with van der Waals surface area (Å²) in [5.41, 5.74) is 4.58.